The highest BCUT2D eigenvalue weighted by Gasteiger charge is 2.40. The van der Waals surface area contributed by atoms with Gasteiger partial charge < -0.3 is 32.7 Å². The van der Waals surface area contributed by atoms with Crippen molar-refractivity contribution in [3.63, 3.8) is 0 Å². The molecule has 1 fully saturated rings. The molecule has 0 radical (unpaired) electrons. The van der Waals surface area contributed by atoms with Crippen LogP contribution in [-0.2, 0) is 34.9 Å². The van der Waals surface area contributed by atoms with Crippen molar-refractivity contribution in [2.45, 2.75) is 253 Å². The summed E-state index contributed by atoms with van der Waals surface area (Å²) in [6, 6.07) is 16.4. The van der Waals surface area contributed by atoms with E-state index in [9.17, 15) is 4.79 Å². The quantitative estimate of drug-likeness (QED) is 0.0215. The Hall–Kier alpha value is -6.39. The van der Waals surface area contributed by atoms with Crippen molar-refractivity contribution in [1.29, 1.82) is 0 Å². The number of benzene rings is 2. The highest BCUT2D eigenvalue weighted by molar-refractivity contribution is 6.61. The van der Waals surface area contributed by atoms with Crippen molar-refractivity contribution in [3.8, 4) is 113 Å². The van der Waals surface area contributed by atoms with Gasteiger partial charge in [-0.05, 0) is 116 Å². The molecule has 0 saturated carbocycles. The maximum atomic E-state index is 13.8. The lowest BCUT2D eigenvalue weighted by atomic mass is 9.75. The number of hydrogen-bond donors (Lipinski definition) is 0. The van der Waals surface area contributed by atoms with Crippen LogP contribution in [0.15, 0.2) is 48.5 Å². The molecule has 2 atom stereocenters. The monoisotopic (exact) mass is 1220 g/mol. The molecule has 9 heteroatoms. The van der Waals surface area contributed by atoms with E-state index in [1.807, 2.05) is 32.9 Å². The van der Waals surface area contributed by atoms with E-state index in [0.29, 0.717) is 32.0 Å². The van der Waals surface area contributed by atoms with Gasteiger partial charge in [-0.1, -0.05) is 231 Å². The molecule has 2 aromatic carbocycles. The third kappa shape index (κ3) is 39.0. The molecular weight excluding hydrogens is 1110 g/mol. The molecule has 484 valence electrons. The van der Waals surface area contributed by atoms with E-state index in [0.717, 1.165) is 55.5 Å². The average Bonchev–Trinajstić information content (AvgIpc) is 1.82. The lowest BCUT2D eigenvalue weighted by Crippen LogP contribution is -2.50. The number of nitrogens with zero attached hydrogens (tertiary/aromatic N) is 1. The number of unbranched alkanes of at least 4 members (excludes halogenated alkanes) is 26. The van der Waals surface area contributed by atoms with Gasteiger partial charge in [0, 0.05) is 84.8 Å². The number of carbonyl (C=O) groups excluding carboxylic acids is 1. The van der Waals surface area contributed by atoms with Gasteiger partial charge in [0.2, 0.25) is 0 Å². The first-order valence-corrected chi connectivity index (χ1v) is 34.6. The fourth-order valence-corrected chi connectivity index (χ4v) is 11.1. The van der Waals surface area contributed by atoms with Crippen molar-refractivity contribution < 1.29 is 37.5 Å². The average molecular weight is 1220 g/mol. The highest BCUT2D eigenvalue weighted by atomic mass is 16.6. The van der Waals surface area contributed by atoms with Crippen LogP contribution in [0.2, 0.25) is 0 Å². The number of quaternary nitrogens is 1. The molecule has 1 aliphatic rings. The molecule has 2 unspecified atom stereocenters. The Morgan fingerprint density at radius 3 is 1.44 bits per heavy atom. The fraction of sp³-hybridized carbons (Fsp3) is 0.617. The van der Waals surface area contributed by atoms with E-state index < -0.39 is 17.9 Å². The molecule has 0 aliphatic carbocycles. The Morgan fingerprint density at radius 1 is 0.578 bits per heavy atom. The lowest BCUT2D eigenvalue weighted by Gasteiger charge is -2.37. The molecule has 8 nitrogen and oxygen atoms in total. The second kappa shape index (κ2) is 50.3. The first-order chi connectivity index (χ1) is 43.8. The number of carbonyl (C=O) groups is 1. The molecule has 90 heavy (non-hydrogen) atoms. The maximum Gasteiger partial charge on any atom is 0.493 e. The second-order valence-corrected chi connectivity index (χ2v) is 26.1. The SMILES string of the molecule is C#CC#CC#CC#CC#CC#CC#CC#CC#COc1ccc(B2OCC(C)(COC(=O)C(C)(C)CC(CC)c3ccc(C[N+](C)(C)CC(COCCCCCCCCCCCCCCCC)OCCCCCCCCCCCCCCCC)cc3)CO2)cc1. The molecule has 0 N–H and O–H groups in total. The Balaban J connectivity index is 1.43. The van der Waals surface area contributed by atoms with Crippen molar-refractivity contribution in [2.24, 2.45) is 10.8 Å². The first kappa shape index (κ1) is 77.9. The van der Waals surface area contributed by atoms with Crippen LogP contribution in [0.5, 0.6) is 5.75 Å². The Morgan fingerprint density at radius 2 is 1.00 bits per heavy atom. The van der Waals surface area contributed by atoms with Crippen LogP contribution in [0, 0.1) is 118 Å². The number of ether oxygens (including phenoxy) is 4. The minimum Gasteiger partial charge on any atom is -0.465 e. The predicted octanol–water partition coefficient (Wildman–Crippen LogP) is 16.5. The van der Waals surface area contributed by atoms with Crippen LogP contribution in [0.3, 0.4) is 0 Å². The van der Waals surface area contributed by atoms with Crippen molar-refractivity contribution >= 4 is 18.6 Å². The molecule has 3 rings (SSSR count). The third-order valence-corrected chi connectivity index (χ3v) is 16.4. The van der Waals surface area contributed by atoms with Gasteiger partial charge in [-0.2, -0.15) is 0 Å². The first-order valence-electron chi connectivity index (χ1n) is 34.6. The molecule has 1 aliphatic heterocycles. The summed E-state index contributed by atoms with van der Waals surface area (Å²) < 4.78 is 37.8. The number of rotatable bonds is 46. The summed E-state index contributed by atoms with van der Waals surface area (Å²) in [7, 11) is 4.08. The van der Waals surface area contributed by atoms with E-state index in [1.54, 1.807) is 12.1 Å². The van der Waals surface area contributed by atoms with Gasteiger partial charge in [0.25, 0.3) is 0 Å². The van der Waals surface area contributed by atoms with Crippen LogP contribution in [-0.4, -0.2) is 84.0 Å². The minimum absolute atomic E-state index is 0.0541. The van der Waals surface area contributed by atoms with E-state index in [-0.39, 0.29) is 24.6 Å². The van der Waals surface area contributed by atoms with Crippen molar-refractivity contribution in [3.05, 3.63) is 59.7 Å². The second-order valence-electron chi connectivity index (χ2n) is 26.1. The third-order valence-electron chi connectivity index (χ3n) is 16.4. The zero-order chi connectivity index (χ0) is 64.9. The van der Waals surface area contributed by atoms with Crippen LogP contribution >= 0.6 is 0 Å². The number of terminal acetylenes is 1. The molecule has 2 aromatic rings. The molecule has 1 saturated heterocycles. The van der Waals surface area contributed by atoms with Gasteiger partial charge >= 0.3 is 13.1 Å². The zero-order valence-corrected chi connectivity index (χ0v) is 57.1. The van der Waals surface area contributed by atoms with Crippen molar-refractivity contribution in [2.75, 3.05) is 60.3 Å². The smallest absolute Gasteiger partial charge is 0.465 e. The summed E-state index contributed by atoms with van der Waals surface area (Å²) in [5.74, 6) is 40.6. The highest BCUT2D eigenvalue weighted by Crippen LogP contribution is 2.36. The van der Waals surface area contributed by atoms with Crippen LogP contribution in [0.1, 0.15) is 251 Å². The van der Waals surface area contributed by atoms with Gasteiger partial charge in [0.15, 0.2) is 0 Å². The molecule has 0 aromatic heterocycles. The van der Waals surface area contributed by atoms with Gasteiger partial charge in [-0.3, -0.25) is 4.79 Å². The summed E-state index contributed by atoms with van der Waals surface area (Å²) in [5.41, 5.74) is 2.18. The largest absolute Gasteiger partial charge is 0.493 e. The van der Waals surface area contributed by atoms with E-state index in [1.165, 1.54) is 178 Å². The van der Waals surface area contributed by atoms with Crippen LogP contribution in [0.25, 0.3) is 0 Å². The lowest BCUT2D eigenvalue weighted by molar-refractivity contribution is -0.906. The Kier molecular flexibility index (Phi) is 43.5. The summed E-state index contributed by atoms with van der Waals surface area (Å²) in [4.78, 5) is 13.8. The van der Waals surface area contributed by atoms with Crippen LogP contribution in [0.4, 0.5) is 0 Å². The number of hydrogen-bond acceptors (Lipinski definition) is 7. The van der Waals surface area contributed by atoms with E-state index in [2.05, 4.69) is 160 Å². The predicted molar refractivity (Wildman–Crippen MR) is 374 cm³/mol. The Labute approximate surface area is 549 Å². The molecule has 0 bridgehead atoms. The standard InChI is InChI=1S/C81H111BNO7/c1-10-14-17-20-23-26-29-32-35-36-39-41-44-47-50-53-64-86-77-61-59-76(60-62-77)82-89-71-81(7,72-90-82)70-88-79(84)80(5,6)66-74(13-4)75-57-55-73(56-58-75)67-83(8,9)68-78(87-65-54-51-48-45-42-38-34-31-28-25-22-19-16-12-3)69-85-63-52-49-46-43-40-37-33-30-27-24-21-18-15-11-2/h1,55-62,74,78H,11-13,15-16,18-19,21-22,24-25,27-28,30-31,33-34,37-38,40,42-43,45-46,48-49,51-52,54,63,65-72H2,2-9H3/q+1. The van der Waals surface area contributed by atoms with Gasteiger partial charge in [-0.25, -0.2) is 0 Å². The zero-order valence-electron chi connectivity index (χ0n) is 57.1. The molecule has 1 heterocycles. The summed E-state index contributed by atoms with van der Waals surface area (Å²) >= 11 is 0. The Bertz CT molecular complexity index is 2870. The maximum absolute atomic E-state index is 13.8. The normalized spacial score (nSPS) is 12.8. The van der Waals surface area contributed by atoms with Crippen LogP contribution < -0.4 is 10.2 Å². The van der Waals surface area contributed by atoms with Crippen molar-refractivity contribution in [1.82, 2.24) is 0 Å². The number of likely N-dealkylation sites (N-methyl/N-ethyl adjacent to an activating group) is 1. The molecular formula is C81H111BNO7+. The number of esters is 1. The topological polar surface area (TPSA) is 72.5 Å². The van der Waals surface area contributed by atoms with Gasteiger partial charge in [-0.15, -0.1) is 6.42 Å². The molecule has 0 spiro atoms. The van der Waals surface area contributed by atoms with Gasteiger partial charge in [0.05, 0.1) is 26.1 Å². The van der Waals surface area contributed by atoms with E-state index in [4.69, 9.17) is 34.7 Å². The van der Waals surface area contributed by atoms with Gasteiger partial charge in [0.1, 0.15) is 37.7 Å². The summed E-state index contributed by atoms with van der Waals surface area (Å²) in [6.07, 6.45) is 47.2. The van der Waals surface area contributed by atoms with E-state index >= 15 is 0 Å². The minimum atomic E-state index is -0.697. The fourth-order valence-electron chi connectivity index (χ4n) is 11.1. The summed E-state index contributed by atoms with van der Waals surface area (Å²) in [5, 5.41) is 0. The summed E-state index contributed by atoms with van der Waals surface area (Å²) in [6.45, 7) is 17.8. The molecule has 0 amide bonds.